The summed E-state index contributed by atoms with van der Waals surface area (Å²) in [5.74, 6) is 0.252. The van der Waals surface area contributed by atoms with Crippen LogP contribution in [-0.2, 0) is 23.4 Å². The molecule has 0 radical (unpaired) electrons. The summed E-state index contributed by atoms with van der Waals surface area (Å²) >= 11 is 0. The topological polar surface area (TPSA) is 78.7 Å². The first kappa shape index (κ1) is 28.6. The van der Waals surface area contributed by atoms with Crippen LogP contribution in [0.25, 0.3) is 0 Å². The molecule has 0 fully saturated rings. The molecule has 1 aliphatic rings. The molecule has 186 valence electrons. The van der Waals surface area contributed by atoms with Gasteiger partial charge in [-0.2, -0.15) is 0 Å². The van der Waals surface area contributed by atoms with Crippen molar-refractivity contribution in [2.24, 2.45) is 21.8 Å². The van der Waals surface area contributed by atoms with Crippen molar-refractivity contribution in [3.8, 4) is 0 Å². The van der Waals surface area contributed by atoms with Crippen molar-refractivity contribution in [1.29, 1.82) is 0 Å². The van der Waals surface area contributed by atoms with Gasteiger partial charge in [0.25, 0.3) is 5.54 Å². The zero-order chi connectivity index (χ0) is 24.9. The first-order valence-corrected chi connectivity index (χ1v) is 14.9. The number of carbonyl (C=O) groups is 1. The van der Waals surface area contributed by atoms with Crippen LogP contribution in [0.4, 0.5) is 0 Å². The van der Waals surface area contributed by atoms with Crippen LogP contribution >= 0.6 is 0 Å². The van der Waals surface area contributed by atoms with E-state index in [1.807, 2.05) is 27.7 Å². The van der Waals surface area contributed by atoms with Crippen LogP contribution in [0.5, 0.6) is 0 Å². The molecule has 0 saturated heterocycles. The van der Waals surface area contributed by atoms with E-state index < -0.39 is 25.9 Å². The predicted octanol–water partition coefficient (Wildman–Crippen LogP) is 5.24. The molecule has 0 aliphatic carbocycles. The van der Waals surface area contributed by atoms with E-state index in [1.165, 1.54) is 0 Å². The molecule has 0 amide bonds. The fraction of sp³-hybridized carbons (Fsp3) is 0.875. The minimum atomic E-state index is -2.29. The molecule has 8 heteroatoms. The van der Waals surface area contributed by atoms with Gasteiger partial charge < -0.3 is 18.6 Å². The molecule has 3 atom stereocenters. The van der Waals surface area contributed by atoms with Gasteiger partial charge in [0.15, 0.2) is 8.32 Å². The van der Waals surface area contributed by atoms with Crippen LogP contribution in [0.15, 0.2) is 9.98 Å². The summed E-state index contributed by atoms with van der Waals surface area (Å²) in [4.78, 5) is 23.6. The lowest BCUT2D eigenvalue weighted by molar-refractivity contribution is -0.152. The molecule has 0 aromatic rings. The molecule has 1 rings (SSSR count). The third kappa shape index (κ3) is 5.93. The van der Waals surface area contributed by atoms with Crippen molar-refractivity contribution in [3.05, 3.63) is 0 Å². The Kier molecular flexibility index (Phi) is 9.96. The number of hydrogen-bond donors (Lipinski definition) is 0. The quantitative estimate of drug-likeness (QED) is 0.340. The van der Waals surface area contributed by atoms with E-state index in [1.54, 1.807) is 6.92 Å². The molecule has 0 saturated carbocycles. The minimum absolute atomic E-state index is 0.0542. The maximum absolute atomic E-state index is 13.7. The van der Waals surface area contributed by atoms with Crippen LogP contribution in [0.1, 0.15) is 69.2 Å². The van der Waals surface area contributed by atoms with Crippen molar-refractivity contribution in [2.75, 3.05) is 19.8 Å². The van der Waals surface area contributed by atoms with E-state index in [9.17, 15) is 4.79 Å². The van der Waals surface area contributed by atoms with E-state index in [-0.39, 0.29) is 35.4 Å². The summed E-state index contributed by atoms with van der Waals surface area (Å²) in [6.07, 6.45) is -0.615. The van der Waals surface area contributed by atoms with Gasteiger partial charge in [0, 0.05) is 0 Å². The lowest BCUT2D eigenvalue weighted by atomic mass is 9.83. The Morgan fingerprint density at radius 1 is 1.03 bits per heavy atom. The van der Waals surface area contributed by atoms with Gasteiger partial charge in [0.2, 0.25) is 11.8 Å². The molecule has 0 aromatic carbocycles. The summed E-state index contributed by atoms with van der Waals surface area (Å²) in [6, 6.07) is -0.334. The normalized spacial score (nSPS) is 23.0. The second-order valence-electron chi connectivity index (χ2n) is 10.5. The zero-order valence-electron chi connectivity index (χ0n) is 22.4. The standard InChI is InChI=1S/C24H46N2O5Si/c1-13-28-20-18(16(4)5)25-21(29-14-2)24(26-20,22(27)30-15-3)19(17(6)7)31-32(11,12)23(8,9)10/h16-19H,13-15H2,1-12H3/t18-,19-,24+/m0/s1. The molecule has 0 spiro atoms. The fourth-order valence-corrected chi connectivity index (χ4v) is 4.86. The number of carbonyl (C=O) groups excluding carboxylic acids is 1. The average Bonchev–Trinajstić information content (AvgIpc) is 2.66. The lowest BCUT2D eigenvalue weighted by Crippen LogP contribution is -2.64. The molecule has 0 bridgehead atoms. The second kappa shape index (κ2) is 11.1. The van der Waals surface area contributed by atoms with Gasteiger partial charge in [-0.25, -0.2) is 14.8 Å². The molecule has 1 aliphatic heterocycles. The van der Waals surface area contributed by atoms with Crippen molar-refractivity contribution < 1.29 is 23.4 Å². The molecular formula is C24H46N2O5Si. The molecule has 0 aromatic heterocycles. The summed E-state index contributed by atoms with van der Waals surface area (Å²) in [5.41, 5.74) is -1.55. The van der Waals surface area contributed by atoms with Crippen molar-refractivity contribution >= 4 is 26.1 Å². The summed E-state index contributed by atoms with van der Waals surface area (Å²) in [5, 5.41) is -0.0551. The van der Waals surface area contributed by atoms with Crippen molar-refractivity contribution in [1.82, 2.24) is 0 Å². The molecule has 1 heterocycles. The van der Waals surface area contributed by atoms with Gasteiger partial charge in [-0.05, 0) is 50.7 Å². The Hall–Kier alpha value is -1.41. The van der Waals surface area contributed by atoms with Gasteiger partial charge in [0.05, 0.1) is 25.9 Å². The number of hydrogen-bond acceptors (Lipinski definition) is 7. The van der Waals surface area contributed by atoms with Crippen LogP contribution < -0.4 is 0 Å². The first-order valence-electron chi connectivity index (χ1n) is 12.0. The fourth-order valence-electron chi connectivity index (χ4n) is 3.43. The molecule has 0 unspecified atom stereocenters. The van der Waals surface area contributed by atoms with Gasteiger partial charge in [-0.3, -0.25) is 0 Å². The average molecular weight is 471 g/mol. The Bertz CT molecular complexity index is 697. The van der Waals surface area contributed by atoms with Gasteiger partial charge in [-0.15, -0.1) is 0 Å². The Balaban J connectivity index is 3.87. The van der Waals surface area contributed by atoms with Crippen LogP contribution in [-0.4, -0.2) is 63.6 Å². The molecular weight excluding hydrogens is 424 g/mol. The van der Waals surface area contributed by atoms with E-state index in [4.69, 9.17) is 28.6 Å². The monoisotopic (exact) mass is 470 g/mol. The minimum Gasteiger partial charge on any atom is -0.480 e. The second-order valence-corrected chi connectivity index (χ2v) is 15.2. The highest BCUT2D eigenvalue weighted by Gasteiger charge is 2.60. The number of nitrogens with zero attached hydrogens (tertiary/aromatic N) is 2. The number of esters is 1. The Morgan fingerprint density at radius 3 is 2.00 bits per heavy atom. The van der Waals surface area contributed by atoms with Crippen LogP contribution in [0, 0.1) is 11.8 Å². The third-order valence-electron chi connectivity index (χ3n) is 6.16. The molecule has 7 nitrogen and oxygen atoms in total. The Labute approximate surface area is 196 Å². The highest BCUT2D eigenvalue weighted by atomic mass is 28.4. The summed E-state index contributed by atoms with van der Waals surface area (Å²) < 4.78 is 24.4. The smallest absolute Gasteiger partial charge is 0.346 e. The maximum atomic E-state index is 13.7. The van der Waals surface area contributed by atoms with Crippen LogP contribution in [0.2, 0.25) is 18.1 Å². The maximum Gasteiger partial charge on any atom is 0.346 e. The number of aliphatic imine (C=N–C) groups is 2. The van der Waals surface area contributed by atoms with Gasteiger partial charge in [0.1, 0.15) is 6.04 Å². The van der Waals surface area contributed by atoms with Crippen molar-refractivity contribution in [3.63, 3.8) is 0 Å². The number of rotatable bonds is 9. The summed E-state index contributed by atoms with van der Waals surface area (Å²) in [7, 11) is -2.29. The van der Waals surface area contributed by atoms with Gasteiger partial charge >= 0.3 is 5.97 Å². The number of ether oxygens (including phenoxy) is 3. The SMILES string of the molecule is CCOC(=O)[C@]1([C@@H](O[Si](C)(C)C(C)(C)C)C(C)C)N=C(OCC)[C@H](C(C)C)N=C1OCC. The zero-order valence-corrected chi connectivity index (χ0v) is 23.4. The first-order chi connectivity index (χ1) is 14.7. The Morgan fingerprint density at radius 2 is 1.59 bits per heavy atom. The van der Waals surface area contributed by atoms with Gasteiger partial charge in [-0.1, -0.05) is 48.5 Å². The highest BCUT2D eigenvalue weighted by molar-refractivity contribution is 6.74. The highest BCUT2D eigenvalue weighted by Crippen LogP contribution is 2.42. The largest absolute Gasteiger partial charge is 0.480 e. The third-order valence-corrected chi connectivity index (χ3v) is 10.6. The summed E-state index contributed by atoms with van der Waals surface area (Å²) in [6.45, 7) is 25.6. The molecule has 0 N–H and O–H groups in total. The van der Waals surface area contributed by atoms with Crippen LogP contribution in [0.3, 0.4) is 0 Å². The van der Waals surface area contributed by atoms with E-state index >= 15 is 0 Å². The van der Waals surface area contributed by atoms with E-state index in [2.05, 4.69) is 47.7 Å². The van der Waals surface area contributed by atoms with Crippen molar-refractivity contribution in [2.45, 2.75) is 105 Å². The molecule has 32 heavy (non-hydrogen) atoms. The predicted molar refractivity (Wildman–Crippen MR) is 133 cm³/mol. The lowest BCUT2D eigenvalue weighted by Gasteiger charge is -2.46. The van der Waals surface area contributed by atoms with E-state index in [0.29, 0.717) is 19.1 Å². The van der Waals surface area contributed by atoms with E-state index in [0.717, 1.165) is 0 Å².